The van der Waals surface area contributed by atoms with Crippen molar-refractivity contribution in [2.75, 3.05) is 4.90 Å². The Hall–Kier alpha value is -4.16. The molecule has 2 heterocycles. The van der Waals surface area contributed by atoms with Crippen molar-refractivity contribution in [2.24, 2.45) is 0 Å². The lowest BCUT2D eigenvalue weighted by atomic mass is 10.1. The summed E-state index contributed by atoms with van der Waals surface area (Å²) in [5.41, 5.74) is 2.97. The molecular weight excluding hydrogens is 438 g/mol. The Morgan fingerprint density at radius 2 is 1.64 bits per heavy atom. The second-order valence-electron chi connectivity index (χ2n) is 7.65. The second-order valence-corrected chi connectivity index (χ2v) is 8.09. The highest BCUT2D eigenvalue weighted by Crippen LogP contribution is 2.28. The van der Waals surface area contributed by atoms with E-state index in [2.05, 4.69) is 9.88 Å². The lowest BCUT2D eigenvalue weighted by Crippen LogP contribution is -2.54. The van der Waals surface area contributed by atoms with Gasteiger partial charge in [0.2, 0.25) is 0 Å². The van der Waals surface area contributed by atoms with Crippen molar-refractivity contribution < 1.29 is 14.4 Å². The van der Waals surface area contributed by atoms with E-state index in [1.807, 2.05) is 60.8 Å². The maximum atomic E-state index is 13.2. The fourth-order valence-electron chi connectivity index (χ4n) is 3.96. The molecule has 0 atom stereocenters. The Labute approximate surface area is 194 Å². The van der Waals surface area contributed by atoms with Crippen LogP contribution in [0.2, 0.25) is 5.02 Å². The number of anilines is 1. The minimum absolute atomic E-state index is 0.128. The molecule has 7 heteroatoms. The number of urea groups is 1. The summed E-state index contributed by atoms with van der Waals surface area (Å²) in [4.78, 5) is 39.2. The molecule has 4 amide bonds. The van der Waals surface area contributed by atoms with Gasteiger partial charge in [0.25, 0.3) is 11.8 Å². The molecule has 0 saturated carbocycles. The standard InChI is InChI=1S/C26H18ClN3O3/c27-19-9-6-10-20(14-19)30-25(32)22(24(31)28-26(30)33)13-18-16-29(15-17-7-2-1-3-8-17)23-12-5-4-11-21(18)23/h1-14,16H,15H2,(H,28,31,33)/b22-13-. The summed E-state index contributed by atoms with van der Waals surface area (Å²) < 4.78 is 2.07. The largest absolute Gasteiger partial charge is 0.342 e. The Morgan fingerprint density at radius 1 is 0.879 bits per heavy atom. The lowest BCUT2D eigenvalue weighted by Gasteiger charge is -2.26. The van der Waals surface area contributed by atoms with Crippen LogP contribution in [0.4, 0.5) is 10.5 Å². The summed E-state index contributed by atoms with van der Waals surface area (Å²) >= 11 is 6.03. The molecule has 3 aromatic carbocycles. The minimum Gasteiger partial charge on any atom is -0.342 e. The third-order valence-corrected chi connectivity index (χ3v) is 5.72. The van der Waals surface area contributed by atoms with E-state index >= 15 is 0 Å². The number of amides is 4. The number of carbonyl (C=O) groups excluding carboxylic acids is 3. The average Bonchev–Trinajstić information content (AvgIpc) is 3.14. The van der Waals surface area contributed by atoms with Gasteiger partial charge in [-0.05, 0) is 35.9 Å². The molecule has 1 fully saturated rings. The molecule has 0 unspecified atom stereocenters. The van der Waals surface area contributed by atoms with Crippen LogP contribution >= 0.6 is 11.6 Å². The van der Waals surface area contributed by atoms with Crippen molar-refractivity contribution in [3.05, 3.63) is 107 Å². The van der Waals surface area contributed by atoms with Gasteiger partial charge in [-0.1, -0.05) is 66.2 Å². The molecule has 1 N–H and O–H groups in total. The highest BCUT2D eigenvalue weighted by molar-refractivity contribution is 6.39. The molecule has 0 aliphatic carbocycles. The van der Waals surface area contributed by atoms with Crippen LogP contribution in [0.25, 0.3) is 17.0 Å². The van der Waals surface area contributed by atoms with Gasteiger partial charge < -0.3 is 4.57 Å². The van der Waals surface area contributed by atoms with E-state index in [0.29, 0.717) is 17.1 Å². The summed E-state index contributed by atoms with van der Waals surface area (Å²) in [7, 11) is 0. The summed E-state index contributed by atoms with van der Waals surface area (Å²) in [5.74, 6) is -1.44. The van der Waals surface area contributed by atoms with Crippen LogP contribution in [0.5, 0.6) is 0 Å². The number of rotatable bonds is 4. The third-order valence-electron chi connectivity index (χ3n) is 5.48. The van der Waals surface area contributed by atoms with E-state index in [0.717, 1.165) is 21.4 Å². The van der Waals surface area contributed by atoms with Crippen molar-refractivity contribution in [1.29, 1.82) is 0 Å². The van der Waals surface area contributed by atoms with E-state index in [9.17, 15) is 14.4 Å². The maximum Gasteiger partial charge on any atom is 0.335 e. The molecule has 4 aromatic rings. The van der Waals surface area contributed by atoms with Crippen molar-refractivity contribution in [3.8, 4) is 0 Å². The summed E-state index contributed by atoms with van der Waals surface area (Å²) in [6.07, 6.45) is 3.44. The van der Waals surface area contributed by atoms with E-state index in [-0.39, 0.29) is 11.3 Å². The van der Waals surface area contributed by atoms with Gasteiger partial charge in [0.05, 0.1) is 5.69 Å². The minimum atomic E-state index is -0.809. The molecule has 33 heavy (non-hydrogen) atoms. The molecule has 0 radical (unpaired) electrons. The quantitative estimate of drug-likeness (QED) is 0.347. The van der Waals surface area contributed by atoms with E-state index in [1.165, 1.54) is 12.1 Å². The number of benzene rings is 3. The maximum absolute atomic E-state index is 13.2. The predicted molar refractivity (Wildman–Crippen MR) is 128 cm³/mol. The number of barbiturate groups is 1. The molecule has 0 spiro atoms. The Balaban J connectivity index is 1.58. The van der Waals surface area contributed by atoms with Crippen LogP contribution < -0.4 is 10.2 Å². The second kappa shape index (κ2) is 8.41. The zero-order valence-electron chi connectivity index (χ0n) is 17.4. The lowest BCUT2D eigenvalue weighted by molar-refractivity contribution is -0.122. The van der Waals surface area contributed by atoms with E-state index < -0.39 is 17.8 Å². The van der Waals surface area contributed by atoms with E-state index in [4.69, 9.17) is 11.6 Å². The van der Waals surface area contributed by atoms with Gasteiger partial charge in [-0.3, -0.25) is 14.9 Å². The van der Waals surface area contributed by atoms with Gasteiger partial charge in [0.1, 0.15) is 5.57 Å². The zero-order valence-corrected chi connectivity index (χ0v) is 18.1. The van der Waals surface area contributed by atoms with Gasteiger partial charge in [-0.2, -0.15) is 0 Å². The van der Waals surface area contributed by atoms with Crippen LogP contribution in [0, 0.1) is 0 Å². The monoisotopic (exact) mass is 455 g/mol. The first-order chi connectivity index (χ1) is 16.0. The molecule has 0 bridgehead atoms. The Bertz CT molecular complexity index is 1440. The van der Waals surface area contributed by atoms with Gasteiger partial charge in [-0.15, -0.1) is 0 Å². The number of hydrogen-bond acceptors (Lipinski definition) is 3. The first-order valence-electron chi connectivity index (χ1n) is 10.3. The van der Waals surface area contributed by atoms with E-state index in [1.54, 1.807) is 18.2 Å². The fourth-order valence-corrected chi connectivity index (χ4v) is 4.15. The molecule has 162 valence electrons. The number of halogens is 1. The molecule has 1 aromatic heterocycles. The summed E-state index contributed by atoms with van der Waals surface area (Å²) in [5, 5.41) is 3.52. The number of imide groups is 2. The first kappa shape index (κ1) is 20.7. The number of aromatic nitrogens is 1. The fraction of sp³-hybridized carbons (Fsp3) is 0.0385. The first-order valence-corrected chi connectivity index (χ1v) is 10.7. The van der Waals surface area contributed by atoms with Gasteiger partial charge in [-0.25, -0.2) is 9.69 Å². The van der Waals surface area contributed by atoms with Crippen molar-refractivity contribution in [3.63, 3.8) is 0 Å². The predicted octanol–water partition coefficient (Wildman–Crippen LogP) is 5.01. The highest BCUT2D eigenvalue weighted by atomic mass is 35.5. The van der Waals surface area contributed by atoms with Crippen LogP contribution in [-0.2, 0) is 16.1 Å². The highest BCUT2D eigenvalue weighted by Gasteiger charge is 2.37. The number of para-hydroxylation sites is 1. The van der Waals surface area contributed by atoms with Crippen molar-refractivity contribution >= 4 is 52.1 Å². The van der Waals surface area contributed by atoms with Crippen LogP contribution in [0.1, 0.15) is 11.1 Å². The number of nitrogens with one attached hydrogen (secondary N) is 1. The molecule has 1 saturated heterocycles. The normalized spacial score (nSPS) is 15.4. The molecule has 1 aliphatic rings. The molecular formula is C26H18ClN3O3. The summed E-state index contributed by atoms with van der Waals surface area (Å²) in [6, 6.07) is 23.3. The van der Waals surface area contributed by atoms with Crippen molar-refractivity contribution in [2.45, 2.75) is 6.54 Å². The number of carbonyl (C=O) groups is 3. The summed E-state index contributed by atoms with van der Waals surface area (Å²) in [6.45, 7) is 0.637. The van der Waals surface area contributed by atoms with Gasteiger partial charge in [0, 0.05) is 34.2 Å². The zero-order chi connectivity index (χ0) is 22.9. The Kier molecular flexibility index (Phi) is 5.28. The number of nitrogens with zero attached hydrogens (tertiary/aromatic N) is 2. The van der Waals surface area contributed by atoms with Crippen LogP contribution in [-0.4, -0.2) is 22.4 Å². The Morgan fingerprint density at radius 3 is 2.42 bits per heavy atom. The molecule has 6 nitrogen and oxygen atoms in total. The van der Waals surface area contributed by atoms with Gasteiger partial charge >= 0.3 is 6.03 Å². The third kappa shape index (κ3) is 3.92. The van der Waals surface area contributed by atoms with Crippen molar-refractivity contribution in [1.82, 2.24) is 9.88 Å². The number of fused-ring (bicyclic) bond motifs is 1. The SMILES string of the molecule is O=C1NC(=O)N(c2cccc(Cl)c2)C(=O)/C1=C\c1cn(Cc2ccccc2)c2ccccc12. The van der Waals surface area contributed by atoms with Gasteiger partial charge in [0.15, 0.2) is 0 Å². The molecule has 1 aliphatic heterocycles. The average molecular weight is 456 g/mol. The number of hydrogen-bond donors (Lipinski definition) is 1. The topological polar surface area (TPSA) is 71.4 Å². The smallest absolute Gasteiger partial charge is 0.335 e. The van der Waals surface area contributed by atoms with Crippen LogP contribution in [0.15, 0.2) is 90.6 Å². The molecule has 5 rings (SSSR count). The van der Waals surface area contributed by atoms with Crippen LogP contribution in [0.3, 0.4) is 0 Å².